The van der Waals surface area contributed by atoms with Crippen molar-refractivity contribution in [2.24, 2.45) is 0 Å². The van der Waals surface area contributed by atoms with Gasteiger partial charge in [-0.25, -0.2) is 19.6 Å². The molecule has 3 rings (SSSR count). The average molecular weight is 399 g/mol. The average Bonchev–Trinajstić information content (AvgIpc) is 2.81. The molecule has 2 aromatic heterocycles. The van der Waals surface area contributed by atoms with E-state index in [1.165, 1.54) is 12.1 Å². The summed E-state index contributed by atoms with van der Waals surface area (Å²) in [5.41, 5.74) is 1.56. The van der Waals surface area contributed by atoms with E-state index in [0.717, 1.165) is 50.7 Å². The van der Waals surface area contributed by atoms with Crippen LogP contribution < -0.4 is 5.32 Å². The molecular formula is C20H25N5O4. The Hall–Kier alpha value is -2.88. The van der Waals surface area contributed by atoms with Gasteiger partial charge in [0.2, 0.25) is 0 Å². The van der Waals surface area contributed by atoms with Crippen LogP contribution in [0.4, 0.5) is 0 Å². The van der Waals surface area contributed by atoms with E-state index in [0.29, 0.717) is 13.1 Å². The van der Waals surface area contributed by atoms with Gasteiger partial charge in [-0.2, -0.15) is 0 Å². The minimum Gasteiger partial charge on any atom is -0.477 e. The summed E-state index contributed by atoms with van der Waals surface area (Å²) in [5.74, 6) is -2.06. The standard InChI is InChI=1S/C20H25N5O4/c26-19(27)17-5-1-3-15(22-17)13-24-9-7-21-8-10-25(12-11-24)14-16-4-2-6-18(23-16)20(28)29/h1-6,21H,7-14H2,(H,26,27)(H,28,29). The zero-order chi connectivity index (χ0) is 20.6. The molecule has 0 bridgehead atoms. The highest BCUT2D eigenvalue weighted by Gasteiger charge is 2.15. The molecule has 0 aromatic carbocycles. The summed E-state index contributed by atoms with van der Waals surface area (Å²) in [7, 11) is 0. The lowest BCUT2D eigenvalue weighted by Gasteiger charge is -2.25. The maximum Gasteiger partial charge on any atom is 0.354 e. The number of carbonyl (C=O) groups is 2. The number of carboxylic acids is 2. The van der Waals surface area contributed by atoms with Crippen LogP contribution in [0.1, 0.15) is 32.4 Å². The Bertz CT molecular complexity index is 791. The van der Waals surface area contributed by atoms with Crippen LogP contribution in [-0.4, -0.2) is 81.2 Å². The largest absolute Gasteiger partial charge is 0.477 e. The lowest BCUT2D eigenvalue weighted by molar-refractivity contribution is 0.0679. The van der Waals surface area contributed by atoms with Crippen LogP contribution in [0.2, 0.25) is 0 Å². The fourth-order valence-electron chi connectivity index (χ4n) is 3.25. The van der Waals surface area contributed by atoms with Crippen molar-refractivity contribution in [1.82, 2.24) is 25.1 Å². The van der Waals surface area contributed by atoms with Crippen molar-refractivity contribution in [2.45, 2.75) is 13.1 Å². The van der Waals surface area contributed by atoms with Crippen molar-refractivity contribution < 1.29 is 19.8 Å². The zero-order valence-corrected chi connectivity index (χ0v) is 16.1. The summed E-state index contributed by atoms with van der Waals surface area (Å²) in [5, 5.41) is 21.7. The third kappa shape index (κ3) is 6.31. The fourth-order valence-corrected chi connectivity index (χ4v) is 3.25. The van der Waals surface area contributed by atoms with Gasteiger partial charge in [0.1, 0.15) is 11.4 Å². The second-order valence-electron chi connectivity index (χ2n) is 6.94. The van der Waals surface area contributed by atoms with E-state index in [4.69, 9.17) is 10.2 Å². The Labute approximate surface area is 169 Å². The first-order valence-corrected chi connectivity index (χ1v) is 9.55. The summed E-state index contributed by atoms with van der Waals surface area (Å²) in [4.78, 5) is 35.2. The van der Waals surface area contributed by atoms with E-state index < -0.39 is 11.9 Å². The quantitative estimate of drug-likeness (QED) is 0.647. The summed E-state index contributed by atoms with van der Waals surface area (Å²) >= 11 is 0. The number of aromatic carboxylic acids is 2. The van der Waals surface area contributed by atoms with Crippen molar-refractivity contribution in [3.8, 4) is 0 Å². The first-order chi connectivity index (χ1) is 14.0. The van der Waals surface area contributed by atoms with Crippen molar-refractivity contribution in [3.63, 3.8) is 0 Å². The van der Waals surface area contributed by atoms with Gasteiger partial charge in [-0.05, 0) is 24.3 Å². The minimum atomic E-state index is -1.03. The summed E-state index contributed by atoms with van der Waals surface area (Å²) < 4.78 is 0. The Morgan fingerprint density at radius 1 is 0.793 bits per heavy atom. The van der Waals surface area contributed by atoms with Crippen LogP contribution in [0.25, 0.3) is 0 Å². The first-order valence-electron chi connectivity index (χ1n) is 9.55. The number of rotatable bonds is 6. The lowest BCUT2D eigenvalue weighted by atomic mass is 10.2. The molecule has 1 aliphatic rings. The monoisotopic (exact) mass is 399 g/mol. The van der Waals surface area contributed by atoms with Gasteiger partial charge in [0.25, 0.3) is 0 Å². The Kier molecular flexibility index (Phi) is 7.23. The van der Waals surface area contributed by atoms with Crippen molar-refractivity contribution >= 4 is 11.9 Å². The van der Waals surface area contributed by atoms with Crippen LogP contribution in [0, 0.1) is 0 Å². The molecule has 2 aromatic rings. The summed E-state index contributed by atoms with van der Waals surface area (Å²) in [6.07, 6.45) is 0. The van der Waals surface area contributed by atoms with Crippen LogP contribution in [0.15, 0.2) is 36.4 Å². The first kappa shape index (κ1) is 20.8. The van der Waals surface area contributed by atoms with E-state index in [9.17, 15) is 9.59 Å². The third-order valence-corrected chi connectivity index (χ3v) is 4.77. The van der Waals surface area contributed by atoms with Crippen LogP contribution in [0.3, 0.4) is 0 Å². The van der Waals surface area contributed by atoms with E-state index >= 15 is 0 Å². The van der Waals surface area contributed by atoms with Gasteiger partial charge in [0, 0.05) is 52.4 Å². The molecule has 0 amide bonds. The van der Waals surface area contributed by atoms with Gasteiger partial charge in [-0.3, -0.25) is 9.80 Å². The number of aromatic nitrogens is 2. The number of nitrogens with one attached hydrogen (secondary N) is 1. The molecule has 3 heterocycles. The maximum atomic E-state index is 11.1. The second kappa shape index (κ2) is 10.1. The molecule has 29 heavy (non-hydrogen) atoms. The van der Waals surface area contributed by atoms with Gasteiger partial charge in [0.15, 0.2) is 0 Å². The molecule has 0 unspecified atom stereocenters. The van der Waals surface area contributed by atoms with Crippen molar-refractivity contribution in [2.75, 3.05) is 39.3 Å². The molecule has 0 atom stereocenters. The van der Waals surface area contributed by atoms with E-state index in [1.54, 1.807) is 12.1 Å². The van der Waals surface area contributed by atoms with Crippen molar-refractivity contribution in [3.05, 3.63) is 59.2 Å². The summed E-state index contributed by atoms with van der Waals surface area (Å²) in [6, 6.07) is 10.1. The summed E-state index contributed by atoms with van der Waals surface area (Å²) in [6.45, 7) is 6.06. The smallest absolute Gasteiger partial charge is 0.354 e. The fraction of sp³-hybridized carbons (Fsp3) is 0.400. The van der Waals surface area contributed by atoms with Gasteiger partial charge in [-0.15, -0.1) is 0 Å². The lowest BCUT2D eigenvalue weighted by Crippen LogP contribution is -2.35. The molecule has 0 aliphatic carbocycles. The molecular weight excluding hydrogens is 374 g/mol. The molecule has 0 saturated carbocycles. The van der Waals surface area contributed by atoms with E-state index in [2.05, 4.69) is 25.1 Å². The normalized spacial score (nSPS) is 16.6. The Balaban J connectivity index is 1.63. The van der Waals surface area contributed by atoms with Gasteiger partial charge in [0.05, 0.1) is 11.4 Å². The topological polar surface area (TPSA) is 119 Å². The van der Waals surface area contributed by atoms with Crippen LogP contribution in [0.5, 0.6) is 0 Å². The molecule has 9 nitrogen and oxygen atoms in total. The molecule has 1 fully saturated rings. The molecule has 154 valence electrons. The predicted octanol–water partition coefficient (Wildman–Crippen LogP) is 0.780. The van der Waals surface area contributed by atoms with Gasteiger partial charge < -0.3 is 15.5 Å². The van der Waals surface area contributed by atoms with Crippen LogP contribution in [-0.2, 0) is 13.1 Å². The maximum absolute atomic E-state index is 11.1. The molecule has 3 N–H and O–H groups in total. The highest BCUT2D eigenvalue weighted by atomic mass is 16.4. The number of pyridine rings is 2. The van der Waals surface area contributed by atoms with Gasteiger partial charge in [-0.1, -0.05) is 12.1 Å². The third-order valence-electron chi connectivity index (χ3n) is 4.77. The SMILES string of the molecule is O=C(O)c1cccc(CN2CCNCCN(Cc3cccc(C(=O)O)n3)CC2)n1. The zero-order valence-electron chi connectivity index (χ0n) is 16.1. The van der Waals surface area contributed by atoms with E-state index in [-0.39, 0.29) is 11.4 Å². The molecule has 0 radical (unpaired) electrons. The Morgan fingerprint density at radius 2 is 1.24 bits per heavy atom. The van der Waals surface area contributed by atoms with Crippen LogP contribution >= 0.6 is 0 Å². The molecule has 1 saturated heterocycles. The molecule has 0 spiro atoms. The Morgan fingerprint density at radius 3 is 1.66 bits per heavy atom. The number of hydrogen-bond donors (Lipinski definition) is 3. The predicted molar refractivity (Wildman–Crippen MR) is 106 cm³/mol. The minimum absolute atomic E-state index is 0.0518. The van der Waals surface area contributed by atoms with Gasteiger partial charge >= 0.3 is 11.9 Å². The van der Waals surface area contributed by atoms with E-state index in [1.807, 2.05) is 12.1 Å². The number of carboxylic acid groups (broad SMARTS) is 2. The second-order valence-corrected chi connectivity index (χ2v) is 6.94. The van der Waals surface area contributed by atoms with Crippen molar-refractivity contribution in [1.29, 1.82) is 0 Å². The number of hydrogen-bond acceptors (Lipinski definition) is 7. The highest BCUT2D eigenvalue weighted by Crippen LogP contribution is 2.08. The number of nitrogens with zero attached hydrogens (tertiary/aromatic N) is 4. The highest BCUT2D eigenvalue weighted by molar-refractivity contribution is 5.85. The molecule has 1 aliphatic heterocycles. The molecule has 9 heteroatoms.